The van der Waals surface area contributed by atoms with Gasteiger partial charge in [0.25, 0.3) is 0 Å². The van der Waals surface area contributed by atoms with Crippen molar-refractivity contribution in [3.63, 3.8) is 0 Å². The number of aromatic nitrogens is 1. The van der Waals surface area contributed by atoms with E-state index in [0.717, 1.165) is 35.6 Å². The Morgan fingerprint density at radius 1 is 1.36 bits per heavy atom. The van der Waals surface area contributed by atoms with Crippen LogP contribution >= 0.6 is 11.3 Å². The molecular formula is C16H21N3O2S. The highest BCUT2D eigenvalue weighted by molar-refractivity contribution is 7.22. The molecule has 1 aliphatic heterocycles. The molecule has 0 unspecified atom stereocenters. The van der Waals surface area contributed by atoms with Crippen molar-refractivity contribution in [1.82, 2.24) is 9.88 Å². The third-order valence-electron chi connectivity index (χ3n) is 3.95. The zero-order valence-corrected chi connectivity index (χ0v) is 13.6. The third kappa shape index (κ3) is 3.75. The Balaban J connectivity index is 1.56. The van der Waals surface area contributed by atoms with Crippen LogP contribution in [0.15, 0.2) is 18.2 Å². The molecule has 0 bridgehead atoms. The van der Waals surface area contributed by atoms with Crippen molar-refractivity contribution >= 4 is 32.6 Å². The second kappa shape index (κ2) is 7.07. The van der Waals surface area contributed by atoms with E-state index in [1.165, 1.54) is 30.6 Å². The van der Waals surface area contributed by atoms with Gasteiger partial charge in [0.15, 0.2) is 5.13 Å². The quantitative estimate of drug-likeness (QED) is 0.920. The summed E-state index contributed by atoms with van der Waals surface area (Å²) in [6.45, 7) is 3.08. The van der Waals surface area contributed by atoms with Crippen LogP contribution in [0, 0.1) is 0 Å². The van der Waals surface area contributed by atoms with E-state index in [2.05, 4.69) is 15.2 Å². The number of piperidine rings is 1. The number of fused-ring (bicyclic) bond motifs is 1. The van der Waals surface area contributed by atoms with Crippen LogP contribution in [0.3, 0.4) is 0 Å². The molecule has 1 aromatic carbocycles. The van der Waals surface area contributed by atoms with Gasteiger partial charge in [-0.05, 0) is 44.1 Å². The molecule has 2 aromatic rings. The molecule has 1 amide bonds. The number of hydrogen-bond donors (Lipinski definition) is 1. The number of carbonyl (C=O) groups excluding carboxylic acids is 1. The first-order valence-corrected chi connectivity index (χ1v) is 8.53. The fourth-order valence-electron chi connectivity index (χ4n) is 2.71. The zero-order valence-electron chi connectivity index (χ0n) is 12.8. The van der Waals surface area contributed by atoms with Crippen LogP contribution in [0.5, 0.6) is 5.75 Å². The van der Waals surface area contributed by atoms with Crippen molar-refractivity contribution in [2.75, 3.05) is 32.1 Å². The molecular weight excluding hydrogens is 298 g/mol. The Hall–Kier alpha value is -1.66. The lowest BCUT2D eigenvalue weighted by atomic mass is 10.1. The molecule has 1 fully saturated rings. The molecule has 118 valence electrons. The van der Waals surface area contributed by atoms with Crippen molar-refractivity contribution in [3.8, 4) is 5.75 Å². The highest BCUT2D eigenvalue weighted by Gasteiger charge is 2.13. The highest BCUT2D eigenvalue weighted by Crippen LogP contribution is 2.29. The number of methoxy groups -OCH3 is 1. The van der Waals surface area contributed by atoms with E-state index >= 15 is 0 Å². The number of thiazole rings is 1. The second-order valence-electron chi connectivity index (χ2n) is 5.55. The first-order valence-electron chi connectivity index (χ1n) is 7.71. The zero-order chi connectivity index (χ0) is 15.4. The average Bonchev–Trinajstić information content (AvgIpc) is 2.95. The molecule has 5 nitrogen and oxygen atoms in total. The molecule has 0 radical (unpaired) electrons. The van der Waals surface area contributed by atoms with Gasteiger partial charge in [0, 0.05) is 13.0 Å². The van der Waals surface area contributed by atoms with Gasteiger partial charge in [-0.1, -0.05) is 17.8 Å². The highest BCUT2D eigenvalue weighted by atomic mass is 32.1. The summed E-state index contributed by atoms with van der Waals surface area (Å²) in [4.78, 5) is 18.9. The smallest absolute Gasteiger partial charge is 0.227 e. The van der Waals surface area contributed by atoms with Gasteiger partial charge in [0.1, 0.15) is 5.75 Å². The SMILES string of the molecule is COc1ccc2nc(NC(=O)CCN3CCCCC3)sc2c1. The lowest BCUT2D eigenvalue weighted by molar-refractivity contribution is -0.116. The summed E-state index contributed by atoms with van der Waals surface area (Å²) in [7, 11) is 1.64. The normalized spacial score (nSPS) is 15.9. The topological polar surface area (TPSA) is 54.5 Å². The van der Waals surface area contributed by atoms with Gasteiger partial charge in [-0.3, -0.25) is 4.79 Å². The molecule has 22 heavy (non-hydrogen) atoms. The van der Waals surface area contributed by atoms with E-state index in [9.17, 15) is 4.79 Å². The number of likely N-dealkylation sites (tertiary alicyclic amines) is 1. The van der Waals surface area contributed by atoms with Crippen LogP contribution in [0.25, 0.3) is 10.2 Å². The van der Waals surface area contributed by atoms with Gasteiger partial charge in [0.2, 0.25) is 5.91 Å². The molecule has 1 N–H and O–H groups in total. The summed E-state index contributed by atoms with van der Waals surface area (Å²) in [6, 6.07) is 5.73. The number of nitrogens with one attached hydrogen (secondary N) is 1. The Kier molecular flexibility index (Phi) is 4.90. The summed E-state index contributed by atoms with van der Waals surface area (Å²) in [5.41, 5.74) is 0.886. The largest absolute Gasteiger partial charge is 0.497 e. The number of benzene rings is 1. The van der Waals surface area contributed by atoms with Gasteiger partial charge in [-0.25, -0.2) is 4.98 Å². The first kappa shape index (κ1) is 15.2. The van der Waals surface area contributed by atoms with Crippen LogP contribution in [-0.2, 0) is 4.79 Å². The van der Waals surface area contributed by atoms with Crippen LogP contribution < -0.4 is 10.1 Å². The summed E-state index contributed by atoms with van der Waals surface area (Å²) >= 11 is 1.48. The number of hydrogen-bond acceptors (Lipinski definition) is 5. The molecule has 0 saturated carbocycles. The molecule has 6 heteroatoms. The minimum atomic E-state index is 0.0385. The Bertz CT molecular complexity index is 650. The van der Waals surface area contributed by atoms with Gasteiger partial charge in [0.05, 0.1) is 17.3 Å². The molecule has 0 spiro atoms. The maximum absolute atomic E-state index is 12.1. The van der Waals surface area contributed by atoms with Gasteiger partial charge in [-0.2, -0.15) is 0 Å². The van der Waals surface area contributed by atoms with E-state index in [1.54, 1.807) is 7.11 Å². The summed E-state index contributed by atoms with van der Waals surface area (Å²) in [6.07, 6.45) is 4.35. The molecule has 1 saturated heterocycles. The van der Waals surface area contributed by atoms with Crippen LogP contribution in [-0.4, -0.2) is 42.5 Å². The predicted octanol–water partition coefficient (Wildman–Crippen LogP) is 3.12. The van der Waals surface area contributed by atoms with Crippen molar-refractivity contribution < 1.29 is 9.53 Å². The van der Waals surface area contributed by atoms with E-state index in [4.69, 9.17) is 4.74 Å². The molecule has 0 atom stereocenters. The van der Waals surface area contributed by atoms with E-state index in [1.807, 2.05) is 18.2 Å². The number of carbonyl (C=O) groups is 1. The van der Waals surface area contributed by atoms with Gasteiger partial charge >= 0.3 is 0 Å². The van der Waals surface area contributed by atoms with E-state index in [-0.39, 0.29) is 5.91 Å². The minimum Gasteiger partial charge on any atom is -0.497 e. The number of rotatable bonds is 5. The Labute approximate surface area is 134 Å². The standard InChI is InChI=1S/C16H21N3O2S/c1-21-12-5-6-13-14(11-12)22-16(17-13)18-15(20)7-10-19-8-3-2-4-9-19/h5-6,11H,2-4,7-10H2,1H3,(H,17,18,20). The maximum Gasteiger partial charge on any atom is 0.227 e. The maximum atomic E-state index is 12.1. The van der Waals surface area contributed by atoms with Crippen LogP contribution in [0.4, 0.5) is 5.13 Å². The number of ether oxygens (including phenoxy) is 1. The lowest BCUT2D eigenvalue weighted by Gasteiger charge is -2.25. The molecule has 2 heterocycles. The van der Waals surface area contributed by atoms with Crippen molar-refractivity contribution in [2.45, 2.75) is 25.7 Å². The second-order valence-corrected chi connectivity index (χ2v) is 6.58. The summed E-state index contributed by atoms with van der Waals surface area (Å²) in [5.74, 6) is 0.843. The van der Waals surface area contributed by atoms with Gasteiger partial charge < -0.3 is 15.0 Å². The number of anilines is 1. The number of nitrogens with zero attached hydrogens (tertiary/aromatic N) is 2. The fraction of sp³-hybridized carbons (Fsp3) is 0.500. The van der Waals surface area contributed by atoms with Crippen molar-refractivity contribution in [3.05, 3.63) is 18.2 Å². The molecule has 3 rings (SSSR count). The minimum absolute atomic E-state index is 0.0385. The summed E-state index contributed by atoms with van der Waals surface area (Å²) in [5, 5.41) is 3.57. The van der Waals surface area contributed by atoms with Gasteiger partial charge in [-0.15, -0.1) is 0 Å². The lowest BCUT2D eigenvalue weighted by Crippen LogP contribution is -2.32. The van der Waals surface area contributed by atoms with Crippen LogP contribution in [0.1, 0.15) is 25.7 Å². The molecule has 1 aliphatic rings. The van der Waals surface area contributed by atoms with E-state index in [0.29, 0.717) is 11.6 Å². The average molecular weight is 319 g/mol. The molecule has 0 aliphatic carbocycles. The van der Waals surface area contributed by atoms with Crippen molar-refractivity contribution in [2.24, 2.45) is 0 Å². The van der Waals surface area contributed by atoms with Crippen LogP contribution in [0.2, 0.25) is 0 Å². The van der Waals surface area contributed by atoms with E-state index < -0.39 is 0 Å². The first-order chi connectivity index (χ1) is 10.7. The predicted molar refractivity (Wildman–Crippen MR) is 89.7 cm³/mol. The summed E-state index contributed by atoms with van der Waals surface area (Å²) < 4.78 is 6.22. The Morgan fingerprint density at radius 2 is 2.18 bits per heavy atom. The van der Waals surface area contributed by atoms with Crippen molar-refractivity contribution in [1.29, 1.82) is 0 Å². The third-order valence-corrected chi connectivity index (χ3v) is 4.88. The number of amides is 1. The molecule has 1 aromatic heterocycles. The monoisotopic (exact) mass is 319 g/mol. The fourth-order valence-corrected chi connectivity index (χ4v) is 3.62. The Morgan fingerprint density at radius 3 is 2.95 bits per heavy atom.